The average Bonchev–Trinajstić information content (AvgIpc) is 2.35. The molecule has 1 aromatic rings. The van der Waals surface area contributed by atoms with Gasteiger partial charge in [-0.15, -0.1) is 0 Å². The number of hydrogen-bond acceptors (Lipinski definition) is 5. The first kappa shape index (κ1) is 13.3. The van der Waals surface area contributed by atoms with Crippen LogP contribution in [0.1, 0.15) is 24.2 Å². The van der Waals surface area contributed by atoms with Crippen LogP contribution in [0, 0.1) is 5.41 Å². The Labute approximate surface area is 106 Å². The summed E-state index contributed by atoms with van der Waals surface area (Å²) >= 11 is 0. The van der Waals surface area contributed by atoms with E-state index < -0.39 is 13.8 Å². The van der Waals surface area contributed by atoms with Gasteiger partial charge in [0.25, 0.3) is 0 Å². The van der Waals surface area contributed by atoms with Crippen molar-refractivity contribution in [2.24, 2.45) is 5.41 Å². The zero-order valence-corrected chi connectivity index (χ0v) is 11.2. The molecule has 0 spiro atoms. The lowest BCUT2D eigenvalue weighted by Crippen LogP contribution is -2.30. The van der Waals surface area contributed by atoms with Gasteiger partial charge < -0.3 is 4.52 Å². The van der Waals surface area contributed by atoms with Crippen molar-refractivity contribution >= 4 is 13.8 Å². The van der Waals surface area contributed by atoms with Crippen LogP contribution in [0.15, 0.2) is 30.3 Å². The highest BCUT2D eigenvalue weighted by Gasteiger charge is 2.40. The van der Waals surface area contributed by atoms with Crippen LogP contribution in [-0.2, 0) is 18.1 Å². The molecule has 0 radical (unpaired) electrons. The van der Waals surface area contributed by atoms with Crippen LogP contribution in [0.3, 0.4) is 0 Å². The van der Waals surface area contributed by atoms with Crippen LogP contribution >= 0.6 is 7.82 Å². The third-order valence-corrected chi connectivity index (χ3v) is 3.71. The lowest BCUT2D eigenvalue weighted by molar-refractivity contribution is 0.00383. The maximum absolute atomic E-state index is 12.0. The smallest absolute Gasteiger partial charge is 0.367 e. The van der Waals surface area contributed by atoms with Crippen LogP contribution in [0.5, 0.6) is 0 Å². The summed E-state index contributed by atoms with van der Waals surface area (Å²) in [5.74, 6) is -0.710. The van der Waals surface area contributed by atoms with Gasteiger partial charge in [-0.2, -0.15) is 0 Å². The molecule has 1 aromatic carbocycles. The van der Waals surface area contributed by atoms with Crippen molar-refractivity contribution in [3.8, 4) is 0 Å². The second kappa shape index (κ2) is 4.84. The summed E-state index contributed by atoms with van der Waals surface area (Å²) in [6.45, 7) is 4.28. The fourth-order valence-corrected chi connectivity index (χ4v) is 2.87. The standard InChI is InChI=1S/C12H15O5P/c1-12(2)8-15-18(14,16-9-12)17-11(13)10-6-4-3-5-7-10/h3-7H,8-9H2,1-2H3. The van der Waals surface area contributed by atoms with E-state index in [1.807, 2.05) is 13.8 Å². The summed E-state index contributed by atoms with van der Waals surface area (Å²) in [7, 11) is -3.76. The molecule has 1 heterocycles. The first-order valence-corrected chi connectivity index (χ1v) is 7.04. The molecule has 1 saturated heterocycles. The Kier molecular flexibility index (Phi) is 3.57. The summed E-state index contributed by atoms with van der Waals surface area (Å²) in [5, 5.41) is 0. The van der Waals surface area contributed by atoms with Crippen LogP contribution in [0.25, 0.3) is 0 Å². The van der Waals surface area contributed by atoms with Crippen molar-refractivity contribution < 1.29 is 22.9 Å². The zero-order chi connectivity index (χ0) is 13.2. The van der Waals surface area contributed by atoms with Gasteiger partial charge in [0.1, 0.15) is 0 Å². The fourth-order valence-electron chi connectivity index (χ4n) is 1.37. The van der Waals surface area contributed by atoms with Gasteiger partial charge in [-0.25, -0.2) is 9.36 Å². The van der Waals surface area contributed by atoms with Crippen molar-refractivity contribution in [2.75, 3.05) is 13.2 Å². The minimum Gasteiger partial charge on any atom is -0.367 e. The van der Waals surface area contributed by atoms with Gasteiger partial charge in [0, 0.05) is 5.41 Å². The highest BCUT2D eigenvalue weighted by Crippen LogP contribution is 2.54. The summed E-state index contributed by atoms with van der Waals surface area (Å²) in [6, 6.07) is 8.30. The Morgan fingerprint density at radius 2 is 1.78 bits per heavy atom. The zero-order valence-electron chi connectivity index (χ0n) is 10.3. The lowest BCUT2D eigenvalue weighted by Gasteiger charge is -2.32. The van der Waals surface area contributed by atoms with E-state index in [0.717, 1.165) is 0 Å². The first-order chi connectivity index (χ1) is 8.40. The van der Waals surface area contributed by atoms with Gasteiger partial charge in [0.15, 0.2) is 0 Å². The van der Waals surface area contributed by atoms with Crippen LogP contribution in [0.2, 0.25) is 0 Å². The number of phosphoric acid groups is 1. The maximum atomic E-state index is 12.0. The van der Waals surface area contributed by atoms with E-state index in [0.29, 0.717) is 5.56 Å². The normalized spacial score (nSPS) is 21.2. The molecule has 0 atom stereocenters. The third kappa shape index (κ3) is 3.19. The quantitative estimate of drug-likeness (QED) is 0.773. The van der Waals surface area contributed by atoms with Crippen molar-refractivity contribution in [1.29, 1.82) is 0 Å². The molecule has 0 unspecified atom stereocenters. The van der Waals surface area contributed by atoms with E-state index >= 15 is 0 Å². The monoisotopic (exact) mass is 270 g/mol. The topological polar surface area (TPSA) is 61.8 Å². The molecule has 0 aromatic heterocycles. The maximum Gasteiger partial charge on any atom is 0.532 e. The van der Waals surface area contributed by atoms with E-state index in [1.54, 1.807) is 30.3 Å². The minimum absolute atomic E-state index is 0.229. The average molecular weight is 270 g/mol. The SMILES string of the molecule is CC1(C)COP(=O)(OC(=O)c2ccccc2)OC1. The Balaban J connectivity index is 2.02. The van der Waals surface area contributed by atoms with Crippen LogP contribution in [0.4, 0.5) is 0 Å². The molecule has 18 heavy (non-hydrogen) atoms. The Morgan fingerprint density at radius 3 is 2.33 bits per heavy atom. The van der Waals surface area contributed by atoms with Crippen molar-refractivity contribution in [3.05, 3.63) is 35.9 Å². The van der Waals surface area contributed by atoms with E-state index in [-0.39, 0.29) is 18.6 Å². The van der Waals surface area contributed by atoms with E-state index in [1.165, 1.54) is 0 Å². The van der Waals surface area contributed by atoms with Crippen molar-refractivity contribution in [2.45, 2.75) is 13.8 Å². The molecule has 0 aliphatic carbocycles. The number of carbonyl (C=O) groups excluding carboxylic acids is 1. The molecule has 1 fully saturated rings. The van der Waals surface area contributed by atoms with Crippen LogP contribution < -0.4 is 0 Å². The molecule has 1 aliphatic heterocycles. The lowest BCUT2D eigenvalue weighted by atomic mass is 9.97. The van der Waals surface area contributed by atoms with Gasteiger partial charge in [-0.1, -0.05) is 32.0 Å². The van der Waals surface area contributed by atoms with Crippen molar-refractivity contribution in [3.63, 3.8) is 0 Å². The molecule has 2 rings (SSSR count). The van der Waals surface area contributed by atoms with Crippen molar-refractivity contribution in [1.82, 2.24) is 0 Å². The molecule has 6 heteroatoms. The van der Waals surface area contributed by atoms with Gasteiger partial charge >= 0.3 is 13.8 Å². The molecule has 5 nitrogen and oxygen atoms in total. The highest BCUT2D eigenvalue weighted by molar-refractivity contribution is 7.49. The van der Waals surface area contributed by atoms with E-state index in [4.69, 9.17) is 13.6 Å². The highest BCUT2D eigenvalue weighted by atomic mass is 31.2. The fraction of sp³-hybridized carbons (Fsp3) is 0.417. The summed E-state index contributed by atoms with van der Waals surface area (Å²) in [6.07, 6.45) is 0. The second-order valence-corrected chi connectivity index (χ2v) is 6.50. The molecule has 0 N–H and O–H groups in total. The molecule has 0 bridgehead atoms. The third-order valence-electron chi connectivity index (χ3n) is 2.43. The summed E-state index contributed by atoms with van der Waals surface area (Å²) in [5.41, 5.74) is 0.0809. The van der Waals surface area contributed by atoms with Gasteiger partial charge in [-0.05, 0) is 12.1 Å². The Hall–Kier alpha value is -1.16. The first-order valence-electron chi connectivity index (χ1n) is 5.58. The molecular weight excluding hydrogens is 255 g/mol. The number of benzene rings is 1. The van der Waals surface area contributed by atoms with Crippen LogP contribution in [-0.4, -0.2) is 19.2 Å². The van der Waals surface area contributed by atoms with Gasteiger partial charge in [0.05, 0.1) is 18.8 Å². The Bertz CT molecular complexity index is 469. The second-order valence-electron chi connectivity index (χ2n) is 4.90. The predicted octanol–water partition coefficient (Wildman–Crippen LogP) is 3.02. The molecule has 0 amide bonds. The van der Waals surface area contributed by atoms with Gasteiger partial charge in [0.2, 0.25) is 0 Å². The molecule has 1 aliphatic rings. The molecule has 0 saturated carbocycles. The molecular formula is C12H15O5P. The van der Waals surface area contributed by atoms with Gasteiger partial charge in [-0.3, -0.25) is 9.05 Å². The largest absolute Gasteiger partial charge is 0.532 e. The number of phosphoric ester groups is 1. The minimum atomic E-state index is -3.76. The number of rotatable bonds is 2. The number of hydrogen-bond donors (Lipinski definition) is 0. The van der Waals surface area contributed by atoms with E-state index in [2.05, 4.69) is 0 Å². The Morgan fingerprint density at radius 1 is 1.22 bits per heavy atom. The summed E-state index contributed by atoms with van der Waals surface area (Å²) < 4.78 is 27.0. The van der Waals surface area contributed by atoms with E-state index in [9.17, 15) is 9.36 Å². The summed E-state index contributed by atoms with van der Waals surface area (Å²) in [4.78, 5) is 11.7. The number of carbonyl (C=O) groups is 1. The predicted molar refractivity (Wildman–Crippen MR) is 65.1 cm³/mol. The molecule has 98 valence electrons.